The normalized spacial score (nSPS) is 10.5. The smallest absolute Gasteiger partial charge is 0.183 e. The van der Waals surface area contributed by atoms with Crippen LogP contribution in [0.3, 0.4) is 0 Å². The van der Waals surface area contributed by atoms with Crippen molar-refractivity contribution in [2.75, 3.05) is 11.9 Å². The zero-order chi connectivity index (χ0) is 10.7. The second kappa shape index (κ2) is 5.05. The van der Waals surface area contributed by atoms with Crippen LogP contribution in [0.4, 0.5) is 5.13 Å². The lowest BCUT2D eigenvalue weighted by Crippen LogP contribution is -2.04. The third-order valence-electron chi connectivity index (χ3n) is 1.76. The van der Waals surface area contributed by atoms with Crippen molar-refractivity contribution in [3.8, 4) is 0 Å². The van der Waals surface area contributed by atoms with Crippen LogP contribution in [-0.4, -0.2) is 16.5 Å². The van der Waals surface area contributed by atoms with Crippen LogP contribution in [0.1, 0.15) is 10.7 Å². The SMILES string of the molecule is Cc1csc(CCNc2nc(Br)cs2)n1. The monoisotopic (exact) mass is 303 g/mol. The van der Waals surface area contributed by atoms with Gasteiger partial charge in [0.25, 0.3) is 0 Å². The van der Waals surface area contributed by atoms with Gasteiger partial charge in [0.2, 0.25) is 0 Å². The summed E-state index contributed by atoms with van der Waals surface area (Å²) in [6, 6.07) is 0. The van der Waals surface area contributed by atoms with Crippen LogP contribution in [0.5, 0.6) is 0 Å². The molecule has 0 unspecified atom stereocenters. The fraction of sp³-hybridized carbons (Fsp3) is 0.333. The second-order valence-electron chi connectivity index (χ2n) is 3.03. The number of aryl methyl sites for hydroxylation is 1. The van der Waals surface area contributed by atoms with Gasteiger partial charge < -0.3 is 5.32 Å². The maximum Gasteiger partial charge on any atom is 0.183 e. The number of hydrogen-bond donors (Lipinski definition) is 1. The minimum absolute atomic E-state index is 0.882. The van der Waals surface area contributed by atoms with Gasteiger partial charge in [-0.05, 0) is 22.9 Å². The number of nitrogens with zero attached hydrogens (tertiary/aromatic N) is 2. The van der Waals surface area contributed by atoms with Gasteiger partial charge >= 0.3 is 0 Å². The summed E-state index contributed by atoms with van der Waals surface area (Å²) in [4.78, 5) is 8.65. The van der Waals surface area contributed by atoms with E-state index in [1.165, 1.54) is 5.01 Å². The Hall–Kier alpha value is -0.460. The van der Waals surface area contributed by atoms with Gasteiger partial charge in [-0.1, -0.05) is 0 Å². The molecule has 0 atom stereocenters. The topological polar surface area (TPSA) is 37.8 Å². The zero-order valence-corrected chi connectivity index (χ0v) is 11.4. The van der Waals surface area contributed by atoms with Crippen molar-refractivity contribution >= 4 is 43.7 Å². The molecule has 0 spiro atoms. The van der Waals surface area contributed by atoms with Crippen molar-refractivity contribution in [1.82, 2.24) is 9.97 Å². The van der Waals surface area contributed by atoms with Crippen LogP contribution in [0.25, 0.3) is 0 Å². The molecule has 0 aliphatic carbocycles. The molecule has 2 heterocycles. The fourth-order valence-corrected chi connectivity index (χ4v) is 3.08. The molecular formula is C9H10BrN3S2. The molecule has 0 aromatic carbocycles. The van der Waals surface area contributed by atoms with E-state index in [1.807, 2.05) is 12.3 Å². The summed E-state index contributed by atoms with van der Waals surface area (Å²) in [6.45, 7) is 2.90. The second-order valence-corrected chi connectivity index (χ2v) is 5.65. The van der Waals surface area contributed by atoms with Gasteiger partial charge in [-0.3, -0.25) is 0 Å². The first-order valence-electron chi connectivity index (χ1n) is 4.50. The van der Waals surface area contributed by atoms with E-state index in [0.29, 0.717) is 0 Å². The average molecular weight is 304 g/mol. The summed E-state index contributed by atoms with van der Waals surface area (Å²) < 4.78 is 0.889. The largest absolute Gasteiger partial charge is 0.361 e. The van der Waals surface area contributed by atoms with Gasteiger partial charge in [0.1, 0.15) is 4.60 Å². The summed E-state index contributed by atoms with van der Waals surface area (Å²) >= 11 is 6.64. The van der Waals surface area contributed by atoms with Crippen LogP contribution < -0.4 is 5.32 Å². The lowest BCUT2D eigenvalue weighted by molar-refractivity contribution is 0.983. The highest BCUT2D eigenvalue weighted by Crippen LogP contribution is 2.19. The van der Waals surface area contributed by atoms with Crippen molar-refractivity contribution in [3.63, 3.8) is 0 Å². The van der Waals surface area contributed by atoms with E-state index in [2.05, 4.69) is 36.6 Å². The maximum absolute atomic E-state index is 4.40. The Balaban J connectivity index is 1.80. The number of anilines is 1. The molecule has 0 aliphatic heterocycles. The molecule has 2 aromatic rings. The number of rotatable bonds is 4. The van der Waals surface area contributed by atoms with Gasteiger partial charge in [0, 0.05) is 29.4 Å². The first-order valence-corrected chi connectivity index (χ1v) is 7.05. The Morgan fingerprint density at radius 3 is 2.80 bits per heavy atom. The first-order chi connectivity index (χ1) is 7.24. The summed E-state index contributed by atoms with van der Waals surface area (Å²) in [7, 11) is 0. The number of halogens is 1. The van der Waals surface area contributed by atoms with Gasteiger partial charge in [-0.15, -0.1) is 22.7 Å². The first kappa shape index (κ1) is 11.0. The van der Waals surface area contributed by atoms with Crippen LogP contribution in [0.15, 0.2) is 15.4 Å². The molecule has 0 bridgehead atoms. The number of nitrogens with one attached hydrogen (secondary N) is 1. The van der Waals surface area contributed by atoms with Gasteiger partial charge in [0.05, 0.1) is 5.01 Å². The molecular weight excluding hydrogens is 294 g/mol. The number of hydrogen-bond acceptors (Lipinski definition) is 5. The van der Waals surface area contributed by atoms with Crippen molar-refractivity contribution in [2.24, 2.45) is 0 Å². The van der Waals surface area contributed by atoms with Crippen molar-refractivity contribution < 1.29 is 0 Å². The zero-order valence-electron chi connectivity index (χ0n) is 8.16. The molecule has 80 valence electrons. The Kier molecular flexibility index (Phi) is 3.71. The van der Waals surface area contributed by atoms with Gasteiger partial charge in [-0.25, -0.2) is 9.97 Å². The molecule has 15 heavy (non-hydrogen) atoms. The standard InChI is InChI=1S/C9H10BrN3S2/c1-6-4-14-8(12-6)2-3-11-9-13-7(10)5-15-9/h4-5H,2-3H2,1H3,(H,11,13). The minimum Gasteiger partial charge on any atom is -0.361 e. The summed E-state index contributed by atoms with van der Waals surface area (Å²) in [5.74, 6) is 0. The highest BCUT2D eigenvalue weighted by Gasteiger charge is 2.00. The number of aromatic nitrogens is 2. The molecule has 2 aromatic heterocycles. The predicted octanol–water partition coefficient (Wildman–Crippen LogP) is 3.33. The Labute approximate surface area is 105 Å². The molecule has 0 saturated carbocycles. The molecule has 2 rings (SSSR count). The van der Waals surface area contributed by atoms with E-state index in [1.54, 1.807) is 22.7 Å². The van der Waals surface area contributed by atoms with E-state index in [-0.39, 0.29) is 0 Å². The van der Waals surface area contributed by atoms with Gasteiger partial charge in [0.15, 0.2) is 5.13 Å². The summed E-state index contributed by atoms with van der Waals surface area (Å²) in [5, 5.41) is 9.44. The van der Waals surface area contributed by atoms with E-state index in [0.717, 1.165) is 28.4 Å². The molecule has 0 aliphatic rings. The van der Waals surface area contributed by atoms with E-state index < -0.39 is 0 Å². The molecule has 6 heteroatoms. The molecule has 0 fully saturated rings. The molecule has 0 radical (unpaired) electrons. The minimum atomic E-state index is 0.882. The average Bonchev–Trinajstić information content (AvgIpc) is 2.76. The van der Waals surface area contributed by atoms with E-state index in [4.69, 9.17) is 0 Å². The molecule has 0 saturated heterocycles. The van der Waals surface area contributed by atoms with Crippen molar-refractivity contribution in [3.05, 3.63) is 26.1 Å². The van der Waals surface area contributed by atoms with E-state index >= 15 is 0 Å². The number of thiazole rings is 2. The Morgan fingerprint density at radius 2 is 2.20 bits per heavy atom. The predicted molar refractivity (Wildman–Crippen MR) is 68.9 cm³/mol. The van der Waals surface area contributed by atoms with Crippen LogP contribution >= 0.6 is 38.6 Å². The molecule has 0 amide bonds. The third-order valence-corrected chi connectivity index (χ3v) is 4.29. The van der Waals surface area contributed by atoms with Crippen LogP contribution in [0, 0.1) is 6.92 Å². The van der Waals surface area contributed by atoms with Crippen molar-refractivity contribution in [2.45, 2.75) is 13.3 Å². The summed E-state index contributed by atoms with van der Waals surface area (Å²) in [6.07, 6.45) is 0.954. The van der Waals surface area contributed by atoms with Gasteiger partial charge in [-0.2, -0.15) is 0 Å². The summed E-state index contributed by atoms with van der Waals surface area (Å²) in [5.41, 5.74) is 1.10. The Morgan fingerprint density at radius 1 is 1.33 bits per heavy atom. The van der Waals surface area contributed by atoms with E-state index in [9.17, 15) is 0 Å². The molecule has 1 N–H and O–H groups in total. The van der Waals surface area contributed by atoms with Crippen molar-refractivity contribution in [1.29, 1.82) is 0 Å². The highest BCUT2D eigenvalue weighted by atomic mass is 79.9. The molecule has 3 nitrogen and oxygen atoms in total. The maximum atomic E-state index is 4.40. The Bertz CT molecular complexity index is 398. The fourth-order valence-electron chi connectivity index (χ4n) is 1.13. The third kappa shape index (κ3) is 3.25. The lowest BCUT2D eigenvalue weighted by atomic mass is 10.4. The van der Waals surface area contributed by atoms with Crippen LogP contribution in [-0.2, 0) is 6.42 Å². The highest BCUT2D eigenvalue weighted by molar-refractivity contribution is 9.10. The van der Waals surface area contributed by atoms with Crippen LogP contribution in [0.2, 0.25) is 0 Å². The quantitative estimate of drug-likeness (QED) is 0.941. The lowest BCUT2D eigenvalue weighted by Gasteiger charge is -1.99.